The number of likely N-dealkylation sites (tertiary alicyclic amines) is 1. The van der Waals surface area contributed by atoms with Gasteiger partial charge in [0.25, 0.3) is 0 Å². The zero-order chi connectivity index (χ0) is 10.1. The van der Waals surface area contributed by atoms with Gasteiger partial charge in [-0.3, -0.25) is 4.79 Å². The van der Waals surface area contributed by atoms with Crippen molar-refractivity contribution in [3.8, 4) is 0 Å². The molecule has 2 aliphatic heterocycles. The van der Waals surface area contributed by atoms with E-state index in [4.69, 9.17) is 9.84 Å². The molecule has 14 heavy (non-hydrogen) atoms. The van der Waals surface area contributed by atoms with Crippen molar-refractivity contribution >= 4 is 5.97 Å². The van der Waals surface area contributed by atoms with Crippen LogP contribution >= 0.6 is 0 Å². The second-order valence-corrected chi connectivity index (χ2v) is 4.40. The van der Waals surface area contributed by atoms with Crippen molar-refractivity contribution < 1.29 is 14.6 Å². The summed E-state index contributed by atoms with van der Waals surface area (Å²) in [7, 11) is 2.10. The van der Waals surface area contributed by atoms with Crippen LogP contribution in [-0.4, -0.2) is 48.8 Å². The van der Waals surface area contributed by atoms with Crippen molar-refractivity contribution in [3.63, 3.8) is 0 Å². The number of nitrogens with zero attached hydrogens (tertiary/aromatic N) is 1. The quantitative estimate of drug-likeness (QED) is 0.700. The van der Waals surface area contributed by atoms with E-state index >= 15 is 0 Å². The molecule has 2 rings (SSSR count). The molecule has 0 spiro atoms. The van der Waals surface area contributed by atoms with E-state index in [0.717, 1.165) is 26.2 Å². The average Bonchev–Trinajstić information content (AvgIpc) is 2.58. The molecule has 80 valence electrons. The molecule has 3 atom stereocenters. The molecule has 1 N–H and O–H groups in total. The van der Waals surface area contributed by atoms with Gasteiger partial charge in [-0.1, -0.05) is 0 Å². The van der Waals surface area contributed by atoms with Crippen LogP contribution in [0, 0.1) is 11.8 Å². The zero-order valence-electron chi connectivity index (χ0n) is 8.48. The highest BCUT2D eigenvalue weighted by Crippen LogP contribution is 2.34. The highest BCUT2D eigenvalue weighted by atomic mass is 16.5. The van der Waals surface area contributed by atoms with Crippen LogP contribution in [0.25, 0.3) is 0 Å². The number of fused-ring (bicyclic) bond motifs is 1. The summed E-state index contributed by atoms with van der Waals surface area (Å²) in [4.78, 5) is 13.0. The number of rotatable bonds is 2. The Morgan fingerprint density at radius 3 is 3.07 bits per heavy atom. The van der Waals surface area contributed by atoms with Crippen LogP contribution in [0.1, 0.15) is 12.8 Å². The van der Waals surface area contributed by atoms with Gasteiger partial charge >= 0.3 is 5.97 Å². The van der Waals surface area contributed by atoms with Crippen LogP contribution in [0.5, 0.6) is 0 Å². The first-order chi connectivity index (χ1) is 6.68. The number of piperidine rings is 1. The summed E-state index contributed by atoms with van der Waals surface area (Å²) in [5.74, 6) is 0.0752. The van der Waals surface area contributed by atoms with Crippen LogP contribution in [0.4, 0.5) is 0 Å². The summed E-state index contributed by atoms with van der Waals surface area (Å²) < 4.78 is 5.44. The third-order valence-corrected chi connectivity index (χ3v) is 3.55. The van der Waals surface area contributed by atoms with Crippen molar-refractivity contribution in [3.05, 3.63) is 0 Å². The summed E-state index contributed by atoms with van der Waals surface area (Å²) in [6, 6.07) is 0.452. The molecule has 3 unspecified atom stereocenters. The van der Waals surface area contributed by atoms with E-state index in [2.05, 4.69) is 11.9 Å². The number of carboxylic acids is 1. The van der Waals surface area contributed by atoms with Gasteiger partial charge in [-0.25, -0.2) is 0 Å². The molecule has 2 aliphatic rings. The minimum absolute atomic E-state index is 0.304. The van der Waals surface area contributed by atoms with Gasteiger partial charge in [0.05, 0.1) is 13.2 Å². The molecule has 0 aromatic carbocycles. The van der Waals surface area contributed by atoms with Gasteiger partial charge in [-0.2, -0.15) is 0 Å². The minimum atomic E-state index is -0.676. The lowest BCUT2D eigenvalue weighted by molar-refractivity contribution is -0.139. The number of hydrogen-bond acceptors (Lipinski definition) is 3. The summed E-state index contributed by atoms with van der Waals surface area (Å²) in [6.45, 7) is 2.52. The Kier molecular flexibility index (Phi) is 2.74. The zero-order valence-corrected chi connectivity index (χ0v) is 8.48. The molecule has 0 amide bonds. The SMILES string of the molecule is CN1CCC(CC(=O)O)C2COCC21. The van der Waals surface area contributed by atoms with Crippen LogP contribution in [0.2, 0.25) is 0 Å². The summed E-state index contributed by atoms with van der Waals surface area (Å²) >= 11 is 0. The van der Waals surface area contributed by atoms with Gasteiger partial charge in [-0.15, -0.1) is 0 Å². The highest BCUT2D eigenvalue weighted by molar-refractivity contribution is 5.67. The molecule has 2 heterocycles. The third kappa shape index (κ3) is 1.77. The molecule has 0 aliphatic carbocycles. The first-order valence-corrected chi connectivity index (χ1v) is 5.18. The fourth-order valence-corrected chi connectivity index (χ4v) is 2.69. The molecule has 0 bridgehead atoms. The Hall–Kier alpha value is -0.610. The van der Waals surface area contributed by atoms with Crippen molar-refractivity contribution in [2.24, 2.45) is 11.8 Å². The Balaban J connectivity index is 2.02. The van der Waals surface area contributed by atoms with Gasteiger partial charge in [-0.05, 0) is 25.9 Å². The number of likely N-dealkylation sites (N-methyl/N-ethyl adjacent to an activating group) is 1. The first kappa shape index (κ1) is 9.93. The van der Waals surface area contributed by atoms with Crippen LogP contribution < -0.4 is 0 Å². The highest BCUT2D eigenvalue weighted by Gasteiger charge is 2.40. The Bertz CT molecular complexity index is 231. The lowest BCUT2D eigenvalue weighted by Gasteiger charge is -2.38. The van der Waals surface area contributed by atoms with Crippen LogP contribution in [-0.2, 0) is 9.53 Å². The normalized spacial score (nSPS) is 38.2. The van der Waals surface area contributed by atoms with E-state index in [1.165, 1.54) is 0 Å². The van der Waals surface area contributed by atoms with Crippen molar-refractivity contribution in [1.29, 1.82) is 0 Å². The Morgan fingerprint density at radius 1 is 1.57 bits per heavy atom. The number of carbonyl (C=O) groups is 1. The molecule has 0 aromatic heterocycles. The maximum atomic E-state index is 10.7. The number of hydrogen-bond donors (Lipinski definition) is 1. The minimum Gasteiger partial charge on any atom is -0.481 e. The van der Waals surface area contributed by atoms with E-state index in [-0.39, 0.29) is 0 Å². The maximum Gasteiger partial charge on any atom is 0.303 e. The van der Waals surface area contributed by atoms with Gasteiger partial charge in [0, 0.05) is 18.4 Å². The standard InChI is InChI=1S/C10H17NO3/c1-11-3-2-7(4-10(12)13)8-5-14-6-9(8)11/h7-9H,2-6H2,1H3,(H,12,13). The molecule has 2 fully saturated rings. The topological polar surface area (TPSA) is 49.8 Å². The van der Waals surface area contributed by atoms with Crippen molar-refractivity contribution in [2.45, 2.75) is 18.9 Å². The predicted molar refractivity (Wildman–Crippen MR) is 51.1 cm³/mol. The summed E-state index contributed by atoms with van der Waals surface area (Å²) in [5, 5.41) is 8.80. The summed E-state index contributed by atoms with van der Waals surface area (Å²) in [5.41, 5.74) is 0. The number of carboxylic acid groups (broad SMARTS) is 1. The van der Waals surface area contributed by atoms with E-state index in [1.54, 1.807) is 0 Å². The van der Waals surface area contributed by atoms with Crippen molar-refractivity contribution in [1.82, 2.24) is 4.90 Å². The molecule has 2 saturated heterocycles. The van der Waals surface area contributed by atoms with Gasteiger partial charge in [0.1, 0.15) is 0 Å². The summed E-state index contributed by atoms with van der Waals surface area (Å²) in [6.07, 6.45) is 1.30. The molecule has 0 saturated carbocycles. The average molecular weight is 199 g/mol. The molecule has 0 radical (unpaired) electrons. The van der Waals surface area contributed by atoms with Crippen LogP contribution in [0.3, 0.4) is 0 Å². The van der Waals surface area contributed by atoms with Crippen LogP contribution in [0.15, 0.2) is 0 Å². The van der Waals surface area contributed by atoms with E-state index in [1.807, 2.05) is 0 Å². The van der Waals surface area contributed by atoms with Crippen molar-refractivity contribution in [2.75, 3.05) is 26.8 Å². The lowest BCUT2D eigenvalue weighted by Crippen LogP contribution is -2.46. The lowest BCUT2D eigenvalue weighted by atomic mass is 9.80. The van der Waals surface area contributed by atoms with E-state index < -0.39 is 5.97 Å². The Labute approximate surface area is 83.8 Å². The molecule has 0 aromatic rings. The third-order valence-electron chi connectivity index (χ3n) is 3.55. The molecular weight excluding hydrogens is 182 g/mol. The van der Waals surface area contributed by atoms with Gasteiger partial charge in [0.2, 0.25) is 0 Å². The smallest absolute Gasteiger partial charge is 0.303 e. The largest absolute Gasteiger partial charge is 0.481 e. The number of ether oxygens (including phenoxy) is 1. The number of aliphatic carboxylic acids is 1. The molecule has 4 nitrogen and oxygen atoms in total. The first-order valence-electron chi connectivity index (χ1n) is 5.18. The second kappa shape index (κ2) is 3.87. The van der Waals surface area contributed by atoms with Gasteiger partial charge in [0.15, 0.2) is 0 Å². The fourth-order valence-electron chi connectivity index (χ4n) is 2.69. The van der Waals surface area contributed by atoms with E-state index in [9.17, 15) is 4.79 Å². The Morgan fingerprint density at radius 2 is 2.36 bits per heavy atom. The maximum absolute atomic E-state index is 10.7. The van der Waals surface area contributed by atoms with E-state index in [0.29, 0.717) is 24.3 Å². The van der Waals surface area contributed by atoms with Gasteiger partial charge < -0.3 is 14.7 Å². The fraction of sp³-hybridized carbons (Fsp3) is 0.900. The second-order valence-electron chi connectivity index (χ2n) is 4.40. The molecule has 4 heteroatoms. The predicted octanol–water partition coefficient (Wildman–Crippen LogP) is 0.428. The molecular formula is C10H17NO3. The monoisotopic (exact) mass is 199 g/mol.